The van der Waals surface area contributed by atoms with Crippen molar-refractivity contribution in [2.75, 3.05) is 40.8 Å². The minimum absolute atomic E-state index is 0.0231. The lowest BCUT2D eigenvalue weighted by Gasteiger charge is -2.48. The maximum Gasteiger partial charge on any atom is 0.328 e. The van der Waals surface area contributed by atoms with Crippen molar-refractivity contribution in [3.8, 4) is 0 Å². The molecule has 1 unspecified atom stereocenters. The lowest BCUT2D eigenvalue weighted by Crippen LogP contribution is -2.60. The van der Waals surface area contributed by atoms with Gasteiger partial charge in [-0.3, -0.25) is 9.69 Å². The quantitative estimate of drug-likeness (QED) is 0.111. The summed E-state index contributed by atoms with van der Waals surface area (Å²) in [6.07, 6.45) is -9.31. The number of rotatable bonds is 13. The van der Waals surface area contributed by atoms with Gasteiger partial charge in [0.15, 0.2) is 12.6 Å². The maximum atomic E-state index is 14.5. The molecule has 3 heterocycles. The molecule has 3 aliphatic heterocycles. The van der Waals surface area contributed by atoms with Crippen molar-refractivity contribution in [1.82, 2.24) is 19.8 Å². The van der Waals surface area contributed by atoms with Crippen LogP contribution in [0.1, 0.15) is 107 Å². The number of carbonyl (C=O) groups excluding carboxylic acids is 2. The number of aliphatic hydroxyl groups is 5. The molecular weight excluding hydrogens is 905 g/mol. The second-order valence-electron chi connectivity index (χ2n) is 20.7. The van der Waals surface area contributed by atoms with E-state index < -0.39 is 112 Å². The zero-order valence-electron chi connectivity index (χ0n) is 42.7. The number of ether oxygens (including phenoxy) is 6. The van der Waals surface area contributed by atoms with Gasteiger partial charge in [0.05, 0.1) is 46.4 Å². The van der Waals surface area contributed by atoms with Gasteiger partial charge >= 0.3 is 12.0 Å². The van der Waals surface area contributed by atoms with Crippen molar-refractivity contribution >= 4 is 22.0 Å². The lowest BCUT2D eigenvalue weighted by molar-refractivity contribution is -0.318. The minimum atomic E-state index is -4.15. The highest BCUT2D eigenvalue weighted by molar-refractivity contribution is 7.90. The first-order chi connectivity index (χ1) is 31.5. The number of hydrogen-bond donors (Lipinski definition) is 7. The summed E-state index contributed by atoms with van der Waals surface area (Å²) in [7, 11) is 1.04. The van der Waals surface area contributed by atoms with E-state index in [4.69, 9.17) is 28.4 Å². The average molecular weight is 989 g/mol. The number of amides is 2. The van der Waals surface area contributed by atoms with Gasteiger partial charge in [-0.25, -0.2) is 17.9 Å². The van der Waals surface area contributed by atoms with Crippen LogP contribution in [0.3, 0.4) is 0 Å². The fourth-order valence-corrected chi connectivity index (χ4v) is 11.6. The lowest BCUT2D eigenvalue weighted by atomic mass is 9.77. The van der Waals surface area contributed by atoms with E-state index >= 15 is 0 Å². The van der Waals surface area contributed by atoms with Crippen molar-refractivity contribution in [2.24, 2.45) is 17.8 Å². The van der Waals surface area contributed by atoms with Gasteiger partial charge in [-0.1, -0.05) is 39.0 Å². The Morgan fingerprint density at radius 3 is 2.22 bits per heavy atom. The zero-order chi connectivity index (χ0) is 51.3. The number of carbonyl (C=O) groups is 2. The highest BCUT2D eigenvalue weighted by Gasteiger charge is 2.53. The smallest absolute Gasteiger partial charge is 0.328 e. The Hall–Kier alpha value is -2.57. The zero-order valence-corrected chi connectivity index (χ0v) is 43.6. The first-order valence-electron chi connectivity index (χ1n) is 24.1. The summed E-state index contributed by atoms with van der Waals surface area (Å²) in [5.41, 5.74) is -4.31. The van der Waals surface area contributed by atoms with Crippen LogP contribution in [-0.2, 0) is 43.2 Å². The molecule has 2 amide bonds. The predicted molar refractivity (Wildman–Crippen MR) is 253 cm³/mol. The van der Waals surface area contributed by atoms with Crippen LogP contribution >= 0.6 is 0 Å². The fourth-order valence-electron chi connectivity index (χ4n) is 10.5. The number of cyclic esters (lactones) is 1. The van der Waals surface area contributed by atoms with E-state index in [0.717, 1.165) is 0 Å². The van der Waals surface area contributed by atoms with Crippen LogP contribution in [0, 0.1) is 24.7 Å². The van der Waals surface area contributed by atoms with E-state index in [1.807, 2.05) is 37.7 Å². The molecule has 4 rings (SSSR count). The first kappa shape index (κ1) is 58.0. The summed E-state index contributed by atoms with van der Waals surface area (Å²) in [6.45, 7) is 19.3. The first-order valence-corrected chi connectivity index (χ1v) is 25.6. The molecule has 3 saturated heterocycles. The molecule has 0 aromatic heterocycles. The summed E-state index contributed by atoms with van der Waals surface area (Å²) in [5, 5.41) is 62.4. The van der Waals surface area contributed by atoms with Crippen LogP contribution in [0.4, 0.5) is 4.79 Å². The molecule has 392 valence electrons. The van der Waals surface area contributed by atoms with Gasteiger partial charge in [0.25, 0.3) is 10.0 Å². The predicted octanol–water partition coefficient (Wildman–Crippen LogP) is 2.66. The Labute approximate surface area is 404 Å². The molecule has 0 spiro atoms. The molecule has 0 radical (unpaired) electrons. The Kier molecular flexibility index (Phi) is 20.3. The molecule has 3 fully saturated rings. The number of nitrogens with zero attached hydrogens (tertiary/aromatic N) is 2. The molecule has 3 aliphatic rings. The topological polar surface area (TPSA) is 255 Å². The molecule has 7 N–H and O–H groups in total. The number of esters is 1. The van der Waals surface area contributed by atoms with Gasteiger partial charge in [-0.15, -0.1) is 0 Å². The van der Waals surface area contributed by atoms with Crippen LogP contribution < -0.4 is 10.0 Å². The number of aliphatic hydroxyl groups excluding tert-OH is 3. The van der Waals surface area contributed by atoms with Crippen molar-refractivity contribution in [3.05, 3.63) is 29.8 Å². The SMILES string of the molecule is CC[C@H]1OC(=O)[C@H](C)[C@@H](OC2C[C@](C)(OC)[C@H](O)[C@@H](C)O2)[C@@H](C)[C@@H](O[C@H]2O[C@@H](C)C[C@H](N(C)C)[C@@H]2O)[C@](C)(O)C[C@@H](C)CN(CCCNC(=O)NS(=O)(=O)c2ccccc2C)[C@H](C)[C@@H](O)[C@]1(C)O. The summed E-state index contributed by atoms with van der Waals surface area (Å²) in [4.78, 5) is 31.2. The van der Waals surface area contributed by atoms with Crippen molar-refractivity contribution in [1.29, 1.82) is 0 Å². The monoisotopic (exact) mass is 989 g/mol. The summed E-state index contributed by atoms with van der Waals surface area (Å²) in [5.74, 6) is -3.08. The van der Waals surface area contributed by atoms with E-state index in [-0.39, 0.29) is 68.3 Å². The number of methoxy groups -OCH3 is 1. The summed E-state index contributed by atoms with van der Waals surface area (Å²) >= 11 is 0. The van der Waals surface area contributed by atoms with Crippen LogP contribution in [0.2, 0.25) is 0 Å². The molecule has 18 atom stereocenters. The summed E-state index contributed by atoms with van der Waals surface area (Å²) in [6, 6.07) is 4.25. The van der Waals surface area contributed by atoms with Gasteiger partial charge in [-0.05, 0) is 113 Å². The molecule has 19 nitrogen and oxygen atoms in total. The van der Waals surface area contributed by atoms with Gasteiger partial charge < -0.3 is 64.2 Å². The highest BCUT2D eigenvalue weighted by Crippen LogP contribution is 2.40. The molecule has 1 aromatic rings. The second kappa shape index (κ2) is 23.8. The van der Waals surface area contributed by atoms with Gasteiger partial charge in [-0.2, -0.15) is 0 Å². The minimum Gasteiger partial charge on any atom is -0.459 e. The molecule has 0 bridgehead atoms. The number of urea groups is 1. The standard InChI is InChI=1S/C48H84N4O15S/c1-15-36-48(11,59)40(54)32(7)52(22-18-21-49-45(57)50-68(60,61)35-20-17-16-19-28(35)3)26-27(2)24-46(9,58)42(67-44-38(53)34(51(12)13)23-29(4)63-44)30(5)39(31(6)43(56)65-36)66-37-25-47(10,62-14)41(55)33(8)64-37/h16-17,19-20,27,29-34,36-42,44,53-55,58-59H,15,18,21-26H2,1-14H3,(H2,49,50,57)/t27-,29+,30-,31-,32-,33-,34+,36-,37?,38+,39+,40-,41-,42-,44-,46-,47+,48-/m1/s1. The molecular formula is C48H84N4O15S. The number of hydrogen-bond acceptors (Lipinski definition) is 17. The van der Waals surface area contributed by atoms with E-state index in [2.05, 4.69) is 10.0 Å². The Balaban J connectivity index is 1.73. The van der Waals surface area contributed by atoms with E-state index in [1.54, 1.807) is 73.6 Å². The van der Waals surface area contributed by atoms with Gasteiger partial charge in [0.1, 0.15) is 30.0 Å². The van der Waals surface area contributed by atoms with Crippen LogP contribution in [0.15, 0.2) is 29.2 Å². The van der Waals surface area contributed by atoms with Gasteiger partial charge in [0, 0.05) is 51.2 Å². The molecule has 0 saturated carbocycles. The number of nitrogens with one attached hydrogen (secondary N) is 2. The Morgan fingerprint density at radius 2 is 1.62 bits per heavy atom. The number of aryl methyl sites for hydroxylation is 1. The summed E-state index contributed by atoms with van der Waals surface area (Å²) < 4.78 is 65.9. The Bertz CT molecular complexity index is 1910. The number of sulfonamides is 1. The number of benzene rings is 1. The van der Waals surface area contributed by atoms with Crippen LogP contribution in [0.25, 0.3) is 0 Å². The third kappa shape index (κ3) is 13.9. The third-order valence-electron chi connectivity index (χ3n) is 14.6. The van der Waals surface area contributed by atoms with Gasteiger partial charge in [0.2, 0.25) is 0 Å². The fraction of sp³-hybridized carbons (Fsp3) is 0.833. The maximum absolute atomic E-state index is 14.5. The highest BCUT2D eigenvalue weighted by atomic mass is 32.2. The van der Waals surface area contributed by atoms with Crippen molar-refractivity contribution in [2.45, 2.75) is 203 Å². The van der Waals surface area contributed by atoms with Crippen LogP contribution in [-0.4, -0.2) is 187 Å². The molecule has 20 heteroatoms. The van der Waals surface area contributed by atoms with Crippen molar-refractivity contribution in [3.63, 3.8) is 0 Å². The average Bonchev–Trinajstić information content (AvgIpc) is 3.25. The van der Waals surface area contributed by atoms with E-state index in [9.17, 15) is 43.5 Å². The van der Waals surface area contributed by atoms with E-state index in [1.165, 1.54) is 20.1 Å². The molecule has 0 aliphatic carbocycles. The Morgan fingerprint density at radius 1 is 0.971 bits per heavy atom. The molecule has 1 aromatic carbocycles. The third-order valence-corrected chi connectivity index (χ3v) is 16.0. The van der Waals surface area contributed by atoms with Crippen molar-refractivity contribution < 1.29 is 72.0 Å². The van der Waals surface area contributed by atoms with E-state index in [0.29, 0.717) is 12.0 Å². The van der Waals surface area contributed by atoms with Crippen LogP contribution in [0.5, 0.6) is 0 Å². The molecule has 68 heavy (non-hydrogen) atoms. The normalized spacial score (nSPS) is 40.8. The number of likely N-dealkylation sites (N-methyl/N-ethyl adjacent to an activating group) is 1. The second-order valence-corrected chi connectivity index (χ2v) is 22.4. The largest absolute Gasteiger partial charge is 0.459 e.